The molecule has 0 N–H and O–H groups in total. The van der Waals surface area contributed by atoms with Gasteiger partial charge in [-0.05, 0) is 19.8 Å². The van der Waals surface area contributed by atoms with Crippen LogP contribution in [0.4, 0.5) is 0 Å². The Bertz CT molecular complexity index is 303. The molecule has 0 aromatic rings. The van der Waals surface area contributed by atoms with E-state index in [9.17, 15) is 9.59 Å². The molecule has 1 aliphatic carbocycles. The predicted molar refractivity (Wildman–Crippen MR) is 53.6 cm³/mol. The Labute approximate surface area is 94.0 Å². The summed E-state index contributed by atoms with van der Waals surface area (Å²) in [4.78, 5) is 22.3. The molecule has 0 bridgehead atoms. The van der Waals surface area contributed by atoms with Gasteiger partial charge in [-0.1, -0.05) is 6.92 Å². The van der Waals surface area contributed by atoms with Gasteiger partial charge in [-0.3, -0.25) is 4.79 Å². The van der Waals surface area contributed by atoms with Crippen LogP contribution in [0.25, 0.3) is 0 Å². The van der Waals surface area contributed by atoms with E-state index in [1.807, 2.05) is 13.8 Å². The number of ether oxygens (including phenoxy) is 3. The molecule has 0 spiro atoms. The van der Waals surface area contributed by atoms with Crippen LogP contribution in [0.5, 0.6) is 0 Å². The third kappa shape index (κ3) is 2.04. The van der Waals surface area contributed by atoms with E-state index in [0.29, 0.717) is 19.7 Å². The zero-order valence-corrected chi connectivity index (χ0v) is 9.52. The topological polar surface area (TPSA) is 61.8 Å². The molecule has 90 valence electrons. The van der Waals surface area contributed by atoms with Crippen LogP contribution in [-0.2, 0) is 23.8 Å². The molecule has 0 radical (unpaired) electrons. The number of rotatable bonds is 5. The summed E-state index contributed by atoms with van der Waals surface area (Å²) in [5, 5.41) is 0. The molecule has 1 aliphatic heterocycles. The van der Waals surface area contributed by atoms with Gasteiger partial charge in [0.1, 0.15) is 5.60 Å². The molecule has 2 fully saturated rings. The van der Waals surface area contributed by atoms with Crippen molar-refractivity contribution in [2.24, 2.45) is 5.41 Å². The number of carbonyl (C=O) groups excluding carboxylic acids is 2. The monoisotopic (exact) mass is 228 g/mol. The molecule has 2 aliphatic rings. The first kappa shape index (κ1) is 11.4. The Hall–Kier alpha value is -1.10. The second kappa shape index (κ2) is 3.73. The second-order valence-electron chi connectivity index (χ2n) is 5.13. The average Bonchev–Trinajstić information content (AvgIpc) is 2.88. The second-order valence-corrected chi connectivity index (χ2v) is 5.13. The van der Waals surface area contributed by atoms with E-state index < -0.39 is 17.5 Å². The summed E-state index contributed by atoms with van der Waals surface area (Å²) in [6.07, 6.45) is 0.899. The van der Waals surface area contributed by atoms with Gasteiger partial charge in [0, 0.05) is 0 Å². The van der Waals surface area contributed by atoms with Gasteiger partial charge in [0.15, 0.2) is 0 Å². The van der Waals surface area contributed by atoms with Crippen LogP contribution in [0.1, 0.15) is 26.7 Å². The molecule has 1 saturated heterocycles. The predicted octanol–water partition coefficient (Wildman–Crippen LogP) is 0.660. The summed E-state index contributed by atoms with van der Waals surface area (Å²) >= 11 is 0. The molecule has 0 amide bonds. The molecule has 1 unspecified atom stereocenters. The highest BCUT2D eigenvalue weighted by atomic mass is 16.6. The van der Waals surface area contributed by atoms with Crippen LogP contribution < -0.4 is 0 Å². The summed E-state index contributed by atoms with van der Waals surface area (Å²) in [5.74, 6) is -0.460. The molecule has 5 heteroatoms. The number of esters is 1. The quantitative estimate of drug-likeness (QED) is 0.511. The lowest BCUT2D eigenvalue weighted by Gasteiger charge is -2.41. The first-order valence-corrected chi connectivity index (χ1v) is 5.39. The molecule has 16 heavy (non-hydrogen) atoms. The Balaban J connectivity index is 2.00. The van der Waals surface area contributed by atoms with Gasteiger partial charge < -0.3 is 14.2 Å². The first-order valence-electron chi connectivity index (χ1n) is 5.39. The molecular formula is C11H16O5. The molecule has 2 rings (SSSR count). The van der Waals surface area contributed by atoms with Crippen molar-refractivity contribution in [3.8, 4) is 0 Å². The Morgan fingerprint density at radius 2 is 2.00 bits per heavy atom. The fraction of sp³-hybridized carbons (Fsp3) is 0.818. The zero-order chi connectivity index (χ0) is 11.8. The third-order valence-corrected chi connectivity index (χ3v) is 3.20. The van der Waals surface area contributed by atoms with Gasteiger partial charge >= 0.3 is 5.97 Å². The van der Waals surface area contributed by atoms with Crippen LogP contribution in [0.2, 0.25) is 0 Å². The van der Waals surface area contributed by atoms with Gasteiger partial charge in [-0.2, -0.15) is 0 Å². The smallest absolute Gasteiger partial charge is 0.348 e. The van der Waals surface area contributed by atoms with E-state index in [1.165, 1.54) is 0 Å². The highest BCUT2D eigenvalue weighted by Crippen LogP contribution is 2.41. The van der Waals surface area contributed by atoms with Crippen molar-refractivity contribution < 1.29 is 23.8 Å². The van der Waals surface area contributed by atoms with Crippen molar-refractivity contribution in [3.63, 3.8) is 0 Å². The maximum absolute atomic E-state index is 11.9. The normalized spacial score (nSPS) is 26.1. The molecule has 1 heterocycles. The summed E-state index contributed by atoms with van der Waals surface area (Å²) < 4.78 is 15.2. The van der Waals surface area contributed by atoms with E-state index in [2.05, 4.69) is 0 Å². The van der Waals surface area contributed by atoms with Crippen molar-refractivity contribution in [1.29, 1.82) is 0 Å². The van der Waals surface area contributed by atoms with Crippen LogP contribution in [0.15, 0.2) is 0 Å². The maximum atomic E-state index is 11.9. The van der Waals surface area contributed by atoms with E-state index in [1.54, 1.807) is 0 Å². The summed E-state index contributed by atoms with van der Waals surface area (Å²) in [6, 6.07) is 0. The maximum Gasteiger partial charge on any atom is 0.348 e. The van der Waals surface area contributed by atoms with E-state index in [4.69, 9.17) is 14.2 Å². The summed E-state index contributed by atoms with van der Waals surface area (Å²) in [6.45, 7) is 4.85. The van der Waals surface area contributed by atoms with Crippen molar-refractivity contribution >= 4 is 12.4 Å². The molecule has 0 aromatic carbocycles. The van der Waals surface area contributed by atoms with Crippen molar-refractivity contribution in [2.75, 3.05) is 13.2 Å². The van der Waals surface area contributed by atoms with Gasteiger partial charge in [0.05, 0.1) is 18.6 Å². The fourth-order valence-corrected chi connectivity index (χ4v) is 1.71. The van der Waals surface area contributed by atoms with Crippen molar-refractivity contribution in [2.45, 2.75) is 38.4 Å². The van der Waals surface area contributed by atoms with Crippen LogP contribution >= 0.6 is 0 Å². The minimum Gasteiger partial charge on any atom is -0.457 e. The minimum absolute atomic E-state index is 0.296. The first-order chi connectivity index (χ1) is 7.49. The van der Waals surface area contributed by atoms with Crippen LogP contribution in [0, 0.1) is 5.41 Å². The van der Waals surface area contributed by atoms with E-state index >= 15 is 0 Å². The van der Waals surface area contributed by atoms with Gasteiger partial charge in [-0.25, -0.2) is 4.79 Å². The lowest BCUT2D eigenvalue weighted by molar-refractivity contribution is -0.203. The van der Waals surface area contributed by atoms with E-state index in [-0.39, 0.29) is 5.60 Å². The minimum atomic E-state index is -0.851. The van der Waals surface area contributed by atoms with Gasteiger partial charge in [0.2, 0.25) is 6.10 Å². The molecule has 0 aromatic heterocycles. The molecular weight excluding hydrogens is 212 g/mol. The Kier molecular flexibility index (Phi) is 2.66. The lowest BCUT2D eigenvalue weighted by atomic mass is 9.82. The van der Waals surface area contributed by atoms with Gasteiger partial charge in [-0.15, -0.1) is 0 Å². The third-order valence-electron chi connectivity index (χ3n) is 3.20. The average molecular weight is 228 g/mol. The van der Waals surface area contributed by atoms with Gasteiger partial charge in [0.25, 0.3) is 6.47 Å². The zero-order valence-electron chi connectivity index (χ0n) is 9.52. The Morgan fingerprint density at radius 3 is 2.38 bits per heavy atom. The van der Waals surface area contributed by atoms with E-state index in [0.717, 1.165) is 12.8 Å². The lowest BCUT2D eigenvalue weighted by Crippen LogP contribution is -2.54. The highest BCUT2D eigenvalue weighted by molar-refractivity contribution is 5.78. The number of hydrogen-bond donors (Lipinski definition) is 0. The SMILES string of the molecule is CC1(OC(=O)C(OC=O)C2(C)COC2)CC1. The molecule has 1 saturated carbocycles. The number of carbonyl (C=O) groups is 2. The summed E-state index contributed by atoms with van der Waals surface area (Å²) in [5.41, 5.74) is -0.786. The molecule has 5 nitrogen and oxygen atoms in total. The molecule has 1 atom stereocenters. The standard InChI is InChI=1S/C11H16O5/c1-10(5-14-6-10)8(15-7-12)9(13)16-11(2)3-4-11/h7-8H,3-6H2,1-2H3. The highest BCUT2D eigenvalue weighted by Gasteiger charge is 2.51. The largest absolute Gasteiger partial charge is 0.457 e. The summed E-state index contributed by atoms with van der Waals surface area (Å²) in [7, 11) is 0. The van der Waals surface area contributed by atoms with Crippen LogP contribution in [-0.4, -0.2) is 37.4 Å². The Morgan fingerprint density at radius 1 is 1.38 bits per heavy atom. The van der Waals surface area contributed by atoms with Crippen molar-refractivity contribution in [3.05, 3.63) is 0 Å². The van der Waals surface area contributed by atoms with Crippen LogP contribution in [0.3, 0.4) is 0 Å². The van der Waals surface area contributed by atoms with Crippen molar-refractivity contribution in [1.82, 2.24) is 0 Å². The number of hydrogen-bond acceptors (Lipinski definition) is 5. The fourth-order valence-electron chi connectivity index (χ4n) is 1.71.